The molecule has 1 saturated heterocycles. The zero-order valence-corrected chi connectivity index (χ0v) is 21.1. The first-order valence-electron chi connectivity index (χ1n) is 11.4. The molecule has 1 fully saturated rings. The van der Waals surface area contributed by atoms with Crippen LogP contribution >= 0.6 is 11.6 Å². The maximum Gasteiger partial charge on any atom is 0.406 e. The molecule has 4 rings (SSSR count). The van der Waals surface area contributed by atoms with E-state index in [2.05, 4.69) is 4.98 Å². The summed E-state index contributed by atoms with van der Waals surface area (Å²) in [5.41, 5.74) is 1.14. The smallest absolute Gasteiger partial charge is 0.406 e. The molecular weight excluding hydrogens is 532 g/mol. The Labute approximate surface area is 220 Å². The fraction of sp³-hybridized carbons (Fsp3) is 0.320. The highest BCUT2D eigenvalue weighted by molar-refractivity contribution is 6.31. The van der Waals surface area contributed by atoms with E-state index in [9.17, 15) is 27.2 Å². The lowest BCUT2D eigenvalue weighted by molar-refractivity contribution is -0.138. The summed E-state index contributed by atoms with van der Waals surface area (Å²) in [6.07, 6.45) is -3.15. The van der Waals surface area contributed by atoms with Gasteiger partial charge in [0.15, 0.2) is 11.7 Å². The summed E-state index contributed by atoms with van der Waals surface area (Å²) in [6, 6.07) is 8.15. The summed E-state index contributed by atoms with van der Waals surface area (Å²) in [6.45, 7) is -0.148. The fourth-order valence-corrected chi connectivity index (χ4v) is 4.24. The average molecular weight is 555 g/mol. The van der Waals surface area contributed by atoms with Crippen LogP contribution in [0.25, 0.3) is 11.3 Å². The van der Waals surface area contributed by atoms with Crippen LogP contribution in [0.5, 0.6) is 5.75 Å². The van der Waals surface area contributed by atoms with E-state index in [0.29, 0.717) is 40.1 Å². The van der Waals surface area contributed by atoms with E-state index in [0.717, 1.165) is 18.2 Å². The van der Waals surface area contributed by atoms with E-state index in [1.54, 1.807) is 36.2 Å². The Morgan fingerprint density at radius 2 is 1.97 bits per heavy atom. The number of rotatable bonds is 7. The third-order valence-corrected chi connectivity index (χ3v) is 6.22. The molecule has 0 atom stereocenters. The van der Waals surface area contributed by atoms with E-state index in [1.807, 2.05) is 0 Å². The standard InChI is InChI=1S/C25H23ClF4N4O4/c1-15-31-11-22(38-15)18-5-3-16(10-21(18)37-2)32-7-8-33(23(35)12-32)13-24(36)34(14-25(28,29)30)17-4-6-20(27)19(26)9-17/h3-6,9-11H,7-8,12-14H2,1-2H3. The maximum absolute atomic E-state index is 13.5. The number of methoxy groups -OCH3 is 1. The van der Waals surface area contributed by atoms with Gasteiger partial charge in [0.05, 0.1) is 30.4 Å². The molecule has 1 aliphatic heterocycles. The summed E-state index contributed by atoms with van der Waals surface area (Å²) in [5, 5.41) is -0.424. The number of alkyl halides is 3. The predicted molar refractivity (Wildman–Crippen MR) is 132 cm³/mol. The van der Waals surface area contributed by atoms with Gasteiger partial charge in [-0.25, -0.2) is 9.37 Å². The molecule has 0 radical (unpaired) electrons. The molecule has 0 spiro atoms. The highest BCUT2D eigenvalue weighted by atomic mass is 35.5. The van der Waals surface area contributed by atoms with Gasteiger partial charge in [-0.05, 0) is 30.3 Å². The summed E-state index contributed by atoms with van der Waals surface area (Å²) in [4.78, 5) is 33.2. The number of ether oxygens (including phenoxy) is 1. The van der Waals surface area contributed by atoms with Gasteiger partial charge in [-0.2, -0.15) is 13.2 Å². The molecular formula is C25H23ClF4N4O4. The minimum Gasteiger partial charge on any atom is -0.496 e. The number of aromatic nitrogens is 1. The Morgan fingerprint density at radius 3 is 2.58 bits per heavy atom. The molecule has 0 unspecified atom stereocenters. The van der Waals surface area contributed by atoms with Crippen molar-refractivity contribution in [3.63, 3.8) is 0 Å². The molecule has 1 aliphatic rings. The number of carbonyl (C=O) groups excluding carboxylic acids is 2. The number of piperazine rings is 1. The highest BCUT2D eigenvalue weighted by Crippen LogP contribution is 2.34. The van der Waals surface area contributed by atoms with Crippen LogP contribution in [0.1, 0.15) is 5.89 Å². The molecule has 202 valence electrons. The lowest BCUT2D eigenvalue weighted by Gasteiger charge is -2.36. The first kappa shape index (κ1) is 27.2. The lowest BCUT2D eigenvalue weighted by atomic mass is 10.1. The van der Waals surface area contributed by atoms with E-state index >= 15 is 0 Å². The number of hydrogen-bond acceptors (Lipinski definition) is 6. The van der Waals surface area contributed by atoms with Crippen LogP contribution in [0.3, 0.4) is 0 Å². The Bertz CT molecular complexity index is 1350. The topological polar surface area (TPSA) is 79.1 Å². The van der Waals surface area contributed by atoms with Gasteiger partial charge in [-0.3, -0.25) is 9.59 Å². The molecule has 2 aromatic carbocycles. The second-order valence-corrected chi connectivity index (χ2v) is 8.97. The predicted octanol–water partition coefficient (Wildman–Crippen LogP) is 4.70. The Kier molecular flexibility index (Phi) is 7.81. The molecule has 13 heteroatoms. The second kappa shape index (κ2) is 10.9. The van der Waals surface area contributed by atoms with Crippen LogP contribution < -0.4 is 14.5 Å². The van der Waals surface area contributed by atoms with Crippen molar-refractivity contribution in [3.05, 3.63) is 59.3 Å². The van der Waals surface area contributed by atoms with E-state index in [4.69, 9.17) is 20.8 Å². The first-order valence-corrected chi connectivity index (χ1v) is 11.8. The Balaban J connectivity index is 1.46. The molecule has 0 bridgehead atoms. The van der Waals surface area contributed by atoms with Crippen LogP contribution in [0.15, 0.2) is 47.0 Å². The monoisotopic (exact) mass is 554 g/mol. The van der Waals surface area contributed by atoms with Crippen molar-refractivity contribution < 1.29 is 36.3 Å². The second-order valence-electron chi connectivity index (χ2n) is 8.56. The van der Waals surface area contributed by atoms with Gasteiger partial charge in [0, 0.05) is 37.5 Å². The van der Waals surface area contributed by atoms with Gasteiger partial charge in [0.1, 0.15) is 24.7 Å². The third kappa shape index (κ3) is 6.18. The van der Waals surface area contributed by atoms with Crippen LogP contribution in [-0.2, 0) is 9.59 Å². The molecule has 3 aromatic rings. The number of benzene rings is 2. The molecule has 38 heavy (non-hydrogen) atoms. The summed E-state index contributed by atoms with van der Waals surface area (Å²) in [7, 11) is 1.50. The molecule has 0 N–H and O–H groups in total. The number of oxazole rings is 1. The summed E-state index contributed by atoms with van der Waals surface area (Å²) >= 11 is 5.71. The SMILES string of the molecule is COc1cc(N2CCN(CC(=O)N(CC(F)(F)F)c3ccc(F)c(Cl)c3)C(=O)C2)ccc1-c1cnc(C)o1. The summed E-state index contributed by atoms with van der Waals surface area (Å²) in [5.74, 6) is -0.719. The van der Waals surface area contributed by atoms with Crippen LogP contribution in [0.2, 0.25) is 5.02 Å². The zero-order valence-electron chi connectivity index (χ0n) is 20.4. The maximum atomic E-state index is 13.5. The number of amides is 2. The zero-order chi connectivity index (χ0) is 27.6. The van der Waals surface area contributed by atoms with Crippen LogP contribution in [0, 0.1) is 12.7 Å². The van der Waals surface area contributed by atoms with Gasteiger partial charge in [-0.1, -0.05) is 11.6 Å². The van der Waals surface area contributed by atoms with Crippen LogP contribution in [-0.4, -0.2) is 67.7 Å². The quantitative estimate of drug-likeness (QED) is 0.394. The number of anilines is 2. The third-order valence-electron chi connectivity index (χ3n) is 5.94. The molecule has 8 nitrogen and oxygen atoms in total. The van der Waals surface area contributed by atoms with Gasteiger partial charge >= 0.3 is 6.18 Å². The average Bonchev–Trinajstić information content (AvgIpc) is 3.30. The normalized spacial score (nSPS) is 14.1. The van der Waals surface area contributed by atoms with Crippen molar-refractivity contribution >= 4 is 34.8 Å². The molecule has 1 aromatic heterocycles. The van der Waals surface area contributed by atoms with E-state index in [1.165, 1.54) is 12.0 Å². The number of nitrogens with zero attached hydrogens (tertiary/aromatic N) is 4. The van der Waals surface area contributed by atoms with Crippen molar-refractivity contribution in [2.75, 3.05) is 49.6 Å². The number of aryl methyl sites for hydroxylation is 1. The Morgan fingerprint density at radius 1 is 1.21 bits per heavy atom. The Hall–Kier alpha value is -3.80. The van der Waals surface area contributed by atoms with Crippen molar-refractivity contribution in [1.29, 1.82) is 0 Å². The number of halogens is 5. The van der Waals surface area contributed by atoms with Crippen molar-refractivity contribution in [2.24, 2.45) is 0 Å². The summed E-state index contributed by atoms with van der Waals surface area (Å²) < 4.78 is 64.2. The molecule has 2 heterocycles. The van der Waals surface area contributed by atoms with Crippen molar-refractivity contribution in [3.8, 4) is 17.1 Å². The fourth-order valence-electron chi connectivity index (χ4n) is 4.07. The number of carbonyl (C=O) groups is 2. The van der Waals surface area contributed by atoms with Gasteiger partial charge in [0.25, 0.3) is 0 Å². The molecule has 0 saturated carbocycles. The number of hydrogen-bond donors (Lipinski definition) is 0. The van der Waals surface area contributed by atoms with E-state index in [-0.39, 0.29) is 18.8 Å². The minimum atomic E-state index is -4.73. The first-order chi connectivity index (χ1) is 17.9. The van der Waals surface area contributed by atoms with E-state index < -0.39 is 41.9 Å². The minimum absolute atomic E-state index is 0.0972. The molecule has 2 amide bonds. The van der Waals surface area contributed by atoms with Gasteiger partial charge in [0.2, 0.25) is 11.8 Å². The van der Waals surface area contributed by atoms with Crippen molar-refractivity contribution in [2.45, 2.75) is 13.1 Å². The van der Waals surface area contributed by atoms with Gasteiger partial charge in [-0.15, -0.1) is 0 Å². The van der Waals surface area contributed by atoms with Crippen LogP contribution in [0.4, 0.5) is 28.9 Å². The molecule has 0 aliphatic carbocycles. The van der Waals surface area contributed by atoms with Gasteiger partial charge < -0.3 is 23.9 Å². The lowest BCUT2D eigenvalue weighted by Crippen LogP contribution is -2.54. The highest BCUT2D eigenvalue weighted by Gasteiger charge is 2.36. The van der Waals surface area contributed by atoms with Crippen molar-refractivity contribution in [1.82, 2.24) is 9.88 Å². The largest absolute Gasteiger partial charge is 0.496 e.